The SMILES string of the molecule is Cc1ccccc1C1/C(=C(\O)c2ccc3c(c2)OCCO3)C(=O)C(=O)N1CCOC(C)C. The predicted molar refractivity (Wildman–Crippen MR) is 119 cm³/mol. The van der Waals surface area contributed by atoms with Crippen molar-refractivity contribution >= 4 is 17.4 Å². The zero-order chi connectivity index (χ0) is 22.8. The Morgan fingerprint density at radius 3 is 2.56 bits per heavy atom. The molecule has 168 valence electrons. The number of rotatable bonds is 6. The summed E-state index contributed by atoms with van der Waals surface area (Å²) >= 11 is 0. The highest BCUT2D eigenvalue weighted by molar-refractivity contribution is 6.46. The normalized spacial score (nSPS) is 19.6. The maximum atomic E-state index is 13.1. The topological polar surface area (TPSA) is 85.3 Å². The van der Waals surface area contributed by atoms with Crippen LogP contribution >= 0.6 is 0 Å². The highest BCUT2D eigenvalue weighted by atomic mass is 16.6. The summed E-state index contributed by atoms with van der Waals surface area (Å²) in [5.74, 6) is -0.525. The molecule has 2 heterocycles. The first kappa shape index (κ1) is 21.9. The third kappa shape index (κ3) is 4.08. The van der Waals surface area contributed by atoms with E-state index < -0.39 is 17.7 Å². The van der Waals surface area contributed by atoms with Crippen LogP contribution in [0.5, 0.6) is 11.5 Å². The molecular formula is C25H27NO6. The van der Waals surface area contributed by atoms with Crippen molar-refractivity contribution in [2.75, 3.05) is 26.4 Å². The van der Waals surface area contributed by atoms with Gasteiger partial charge in [-0.05, 0) is 50.1 Å². The number of aryl methyl sites for hydroxylation is 1. The van der Waals surface area contributed by atoms with Gasteiger partial charge in [0.1, 0.15) is 19.0 Å². The lowest BCUT2D eigenvalue weighted by Crippen LogP contribution is -2.33. The summed E-state index contributed by atoms with van der Waals surface area (Å²) in [5, 5.41) is 11.2. The minimum Gasteiger partial charge on any atom is -0.507 e. The van der Waals surface area contributed by atoms with Crippen LogP contribution in [0.1, 0.15) is 36.6 Å². The number of carbonyl (C=O) groups excluding carboxylic acids is 2. The van der Waals surface area contributed by atoms with Crippen LogP contribution in [0.3, 0.4) is 0 Å². The minimum absolute atomic E-state index is 0.00134. The number of aliphatic hydroxyl groups is 1. The summed E-state index contributed by atoms with van der Waals surface area (Å²) in [6.07, 6.45) is 0.00134. The summed E-state index contributed by atoms with van der Waals surface area (Å²) in [4.78, 5) is 27.6. The van der Waals surface area contributed by atoms with Crippen LogP contribution in [0.15, 0.2) is 48.0 Å². The largest absolute Gasteiger partial charge is 0.507 e. The fourth-order valence-corrected chi connectivity index (χ4v) is 4.06. The number of ketones is 1. The van der Waals surface area contributed by atoms with Crippen LogP contribution in [0.25, 0.3) is 5.76 Å². The molecule has 1 fully saturated rings. The first-order chi connectivity index (χ1) is 15.4. The molecule has 1 N–H and O–H groups in total. The van der Waals surface area contributed by atoms with E-state index in [0.717, 1.165) is 11.1 Å². The average Bonchev–Trinajstić information content (AvgIpc) is 3.03. The lowest BCUT2D eigenvalue weighted by molar-refractivity contribution is -0.140. The highest BCUT2D eigenvalue weighted by Crippen LogP contribution is 2.41. The van der Waals surface area contributed by atoms with Gasteiger partial charge < -0.3 is 24.2 Å². The molecule has 1 amide bonds. The number of likely N-dealkylation sites (tertiary alicyclic amines) is 1. The standard InChI is InChI=1S/C25H27NO6/c1-15(2)30-11-10-26-22(18-7-5-4-6-16(18)3)21(24(28)25(26)29)23(27)17-8-9-19-20(14-17)32-13-12-31-19/h4-9,14-15,22,27H,10-13H2,1-3H3/b23-21+. The molecule has 1 atom stereocenters. The lowest BCUT2D eigenvalue weighted by atomic mass is 9.92. The molecule has 7 nitrogen and oxygen atoms in total. The van der Waals surface area contributed by atoms with Gasteiger partial charge in [0, 0.05) is 12.1 Å². The first-order valence-electron chi connectivity index (χ1n) is 10.7. The zero-order valence-electron chi connectivity index (χ0n) is 18.5. The summed E-state index contributed by atoms with van der Waals surface area (Å²) in [6, 6.07) is 11.8. The Balaban J connectivity index is 1.80. The number of hydrogen-bond acceptors (Lipinski definition) is 6. The van der Waals surface area contributed by atoms with Crippen molar-refractivity contribution < 1.29 is 28.9 Å². The van der Waals surface area contributed by atoms with Gasteiger partial charge in [-0.2, -0.15) is 0 Å². The second-order valence-electron chi connectivity index (χ2n) is 8.13. The summed E-state index contributed by atoms with van der Waals surface area (Å²) < 4.78 is 16.8. The molecule has 0 saturated carbocycles. The second-order valence-corrected chi connectivity index (χ2v) is 8.13. The fraction of sp³-hybridized carbons (Fsp3) is 0.360. The van der Waals surface area contributed by atoms with E-state index in [2.05, 4.69) is 0 Å². The van der Waals surface area contributed by atoms with Crippen molar-refractivity contribution in [1.82, 2.24) is 4.90 Å². The Morgan fingerprint density at radius 2 is 1.84 bits per heavy atom. The van der Waals surface area contributed by atoms with Crippen LogP contribution in [-0.2, 0) is 14.3 Å². The molecule has 1 saturated heterocycles. The van der Waals surface area contributed by atoms with Gasteiger partial charge in [0.25, 0.3) is 11.7 Å². The third-order valence-corrected chi connectivity index (χ3v) is 5.62. The number of aliphatic hydroxyl groups excluding tert-OH is 1. The Kier molecular flexibility index (Phi) is 6.19. The first-order valence-corrected chi connectivity index (χ1v) is 10.7. The molecular weight excluding hydrogens is 410 g/mol. The lowest BCUT2D eigenvalue weighted by Gasteiger charge is -2.27. The van der Waals surface area contributed by atoms with Crippen LogP contribution < -0.4 is 9.47 Å². The zero-order valence-corrected chi connectivity index (χ0v) is 18.5. The summed E-state index contributed by atoms with van der Waals surface area (Å²) in [7, 11) is 0. The Morgan fingerprint density at radius 1 is 1.12 bits per heavy atom. The third-order valence-electron chi connectivity index (χ3n) is 5.62. The van der Waals surface area contributed by atoms with Crippen LogP contribution in [0, 0.1) is 6.92 Å². The molecule has 0 aliphatic carbocycles. The number of hydrogen-bond donors (Lipinski definition) is 1. The second kappa shape index (κ2) is 9.04. The van der Waals surface area contributed by atoms with Gasteiger partial charge in [-0.25, -0.2) is 0 Å². The van der Waals surface area contributed by atoms with Crippen LogP contribution in [0.4, 0.5) is 0 Å². The molecule has 2 aromatic rings. The van der Waals surface area contributed by atoms with E-state index in [1.807, 2.05) is 45.0 Å². The van der Waals surface area contributed by atoms with Crippen molar-refractivity contribution in [3.05, 3.63) is 64.7 Å². The summed E-state index contributed by atoms with van der Waals surface area (Å²) in [6.45, 7) is 7.13. The van der Waals surface area contributed by atoms with Crippen molar-refractivity contribution in [2.45, 2.75) is 32.9 Å². The summed E-state index contributed by atoms with van der Waals surface area (Å²) in [5.41, 5.74) is 2.16. The van der Waals surface area contributed by atoms with Crippen molar-refractivity contribution in [1.29, 1.82) is 0 Å². The number of Topliss-reactive ketones (excluding diaryl/α,β-unsaturated/α-hetero) is 1. The van der Waals surface area contributed by atoms with Crippen LogP contribution in [-0.4, -0.2) is 54.2 Å². The number of amides is 1. The van der Waals surface area contributed by atoms with Crippen LogP contribution in [0.2, 0.25) is 0 Å². The molecule has 4 rings (SSSR count). The van der Waals surface area contributed by atoms with E-state index in [4.69, 9.17) is 14.2 Å². The molecule has 0 aromatic heterocycles. The van der Waals surface area contributed by atoms with E-state index >= 15 is 0 Å². The monoisotopic (exact) mass is 437 g/mol. The van der Waals surface area contributed by atoms with E-state index in [9.17, 15) is 14.7 Å². The predicted octanol–water partition coefficient (Wildman–Crippen LogP) is 3.61. The molecule has 32 heavy (non-hydrogen) atoms. The smallest absolute Gasteiger partial charge is 0.295 e. The number of fused-ring (bicyclic) bond motifs is 1. The maximum Gasteiger partial charge on any atom is 0.295 e. The van der Waals surface area contributed by atoms with Crippen molar-refractivity contribution in [2.24, 2.45) is 0 Å². The molecule has 0 spiro atoms. The maximum absolute atomic E-state index is 13.1. The Bertz CT molecular complexity index is 1070. The molecule has 7 heteroatoms. The minimum atomic E-state index is -0.713. The number of ether oxygens (including phenoxy) is 3. The molecule has 1 unspecified atom stereocenters. The molecule has 2 aliphatic rings. The van der Waals surface area contributed by atoms with Crippen molar-refractivity contribution in [3.63, 3.8) is 0 Å². The van der Waals surface area contributed by atoms with Gasteiger partial charge >= 0.3 is 0 Å². The van der Waals surface area contributed by atoms with E-state index in [0.29, 0.717) is 30.3 Å². The van der Waals surface area contributed by atoms with Gasteiger partial charge in [0.2, 0.25) is 0 Å². The molecule has 2 aliphatic heterocycles. The Labute approximate surface area is 187 Å². The van der Waals surface area contributed by atoms with Gasteiger partial charge in [0.05, 0.1) is 24.3 Å². The quantitative estimate of drug-likeness (QED) is 0.422. The van der Waals surface area contributed by atoms with E-state index in [1.165, 1.54) is 4.90 Å². The van der Waals surface area contributed by atoms with Gasteiger partial charge in [-0.15, -0.1) is 0 Å². The average molecular weight is 437 g/mol. The Hall–Kier alpha value is -3.32. The van der Waals surface area contributed by atoms with Crippen molar-refractivity contribution in [3.8, 4) is 11.5 Å². The van der Waals surface area contributed by atoms with Gasteiger partial charge in [0.15, 0.2) is 11.5 Å². The molecule has 2 aromatic carbocycles. The molecule has 0 radical (unpaired) electrons. The van der Waals surface area contributed by atoms with E-state index in [-0.39, 0.29) is 30.6 Å². The fourth-order valence-electron chi connectivity index (χ4n) is 4.06. The number of nitrogens with zero attached hydrogens (tertiary/aromatic N) is 1. The van der Waals surface area contributed by atoms with E-state index in [1.54, 1.807) is 18.2 Å². The molecule has 0 bridgehead atoms. The number of carbonyl (C=O) groups is 2. The van der Waals surface area contributed by atoms with Gasteiger partial charge in [-0.1, -0.05) is 24.3 Å². The number of benzene rings is 2. The van der Waals surface area contributed by atoms with Gasteiger partial charge in [-0.3, -0.25) is 9.59 Å². The highest BCUT2D eigenvalue weighted by Gasteiger charge is 2.46.